The van der Waals surface area contributed by atoms with Crippen LogP contribution in [0.2, 0.25) is 0 Å². The lowest BCUT2D eigenvalue weighted by Crippen LogP contribution is -1.94. The fraction of sp³-hybridized carbons (Fsp3) is 0. The van der Waals surface area contributed by atoms with Crippen molar-refractivity contribution in [3.63, 3.8) is 0 Å². The molecule has 206 valence electrons. The average Bonchev–Trinajstić information content (AvgIpc) is 3.60. The van der Waals surface area contributed by atoms with E-state index < -0.39 is 0 Å². The van der Waals surface area contributed by atoms with Gasteiger partial charge in [-0.1, -0.05) is 121 Å². The number of para-hydroxylation sites is 3. The lowest BCUT2D eigenvalue weighted by molar-refractivity contribution is 1.17. The molecule has 0 N–H and O–H groups in total. The minimum absolute atomic E-state index is 1.16. The number of benzene rings is 7. The molecule has 0 fully saturated rings. The van der Waals surface area contributed by atoms with E-state index in [2.05, 4.69) is 179 Å². The van der Waals surface area contributed by atoms with Gasteiger partial charge < -0.3 is 9.13 Å². The first kappa shape index (κ1) is 24.7. The van der Waals surface area contributed by atoms with Crippen LogP contribution in [0.5, 0.6) is 0 Å². The van der Waals surface area contributed by atoms with Crippen LogP contribution < -0.4 is 0 Å². The summed E-state index contributed by atoms with van der Waals surface area (Å²) in [4.78, 5) is 0. The van der Waals surface area contributed by atoms with Gasteiger partial charge in [-0.15, -0.1) is 0 Å². The second kappa shape index (κ2) is 9.86. The molecule has 9 aromatic rings. The molecule has 0 aliphatic rings. The number of rotatable bonds is 4. The van der Waals surface area contributed by atoms with Crippen molar-refractivity contribution in [3.05, 3.63) is 170 Å². The van der Waals surface area contributed by atoms with Crippen molar-refractivity contribution >= 4 is 43.6 Å². The van der Waals surface area contributed by atoms with Crippen LogP contribution >= 0.6 is 0 Å². The van der Waals surface area contributed by atoms with Crippen LogP contribution in [0, 0.1) is 0 Å². The maximum atomic E-state index is 2.42. The summed E-state index contributed by atoms with van der Waals surface area (Å²) in [6, 6.07) is 61.4. The highest BCUT2D eigenvalue weighted by Gasteiger charge is 2.18. The SMILES string of the molecule is c1ccc(-c2ccc(-c3ccc(-n4c5ccccc5c5cc6c(cc54)c4ccccc4n6-c4ccccc4)cc3)cc2)cc1. The zero-order valence-corrected chi connectivity index (χ0v) is 24.1. The van der Waals surface area contributed by atoms with Gasteiger partial charge in [0.1, 0.15) is 0 Å². The van der Waals surface area contributed by atoms with Crippen molar-refractivity contribution in [1.82, 2.24) is 9.13 Å². The van der Waals surface area contributed by atoms with E-state index in [1.165, 1.54) is 71.6 Å². The molecule has 44 heavy (non-hydrogen) atoms. The highest BCUT2D eigenvalue weighted by Crippen LogP contribution is 2.39. The van der Waals surface area contributed by atoms with E-state index in [-0.39, 0.29) is 0 Å². The predicted molar refractivity (Wildman–Crippen MR) is 186 cm³/mol. The zero-order valence-electron chi connectivity index (χ0n) is 24.1. The van der Waals surface area contributed by atoms with Crippen molar-refractivity contribution in [2.24, 2.45) is 0 Å². The minimum Gasteiger partial charge on any atom is -0.309 e. The molecule has 2 aromatic heterocycles. The Morgan fingerprint density at radius 3 is 1.11 bits per heavy atom. The molecule has 0 unspecified atom stereocenters. The lowest BCUT2D eigenvalue weighted by Gasteiger charge is -2.10. The first-order valence-electron chi connectivity index (χ1n) is 15.1. The van der Waals surface area contributed by atoms with E-state index >= 15 is 0 Å². The summed E-state index contributed by atoms with van der Waals surface area (Å²) < 4.78 is 4.81. The number of hydrogen-bond acceptors (Lipinski definition) is 0. The Morgan fingerprint density at radius 1 is 0.250 bits per heavy atom. The van der Waals surface area contributed by atoms with Crippen LogP contribution in [0.3, 0.4) is 0 Å². The third kappa shape index (κ3) is 3.82. The normalized spacial score (nSPS) is 11.6. The second-order valence-electron chi connectivity index (χ2n) is 11.4. The van der Waals surface area contributed by atoms with Crippen molar-refractivity contribution < 1.29 is 0 Å². The second-order valence-corrected chi connectivity index (χ2v) is 11.4. The van der Waals surface area contributed by atoms with E-state index in [1.54, 1.807) is 0 Å². The Bertz CT molecular complexity index is 2450. The maximum absolute atomic E-state index is 2.42. The first-order chi connectivity index (χ1) is 21.8. The van der Waals surface area contributed by atoms with Gasteiger partial charge in [0.15, 0.2) is 0 Å². The third-order valence-corrected chi connectivity index (χ3v) is 8.93. The molecule has 2 heteroatoms. The van der Waals surface area contributed by atoms with Gasteiger partial charge in [-0.25, -0.2) is 0 Å². The molecule has 0 atom stereocenters. The van der Waals surface area contributed by atoms with Crippen LogP contribution in [-0.2, 0) is 0 Å². The summed E-state index contributed by atoms with van der Waals surface area (Å²) in [5.74, 6) is 0. The van der Waals surface area contributed by atoms with Gasteiger partial charge >= 0.3 is 0 Å². The van der Waals surface area contributed by atoms with Crippen LogP contribution in [0.1, 0.15) is 0 Å². The summed E-state index contributed by atoms with van der Waals surface area (Å²) in [6.45, 7) is 0. The van der Waals surface area contributed by atoms with Gasteiger partial charge in [-0.3, -0.25) is 0 Å². The molecule has 0 aliphatic carbocycles. The first-order valence-corrected chi connectivity index (χ1v) is 15.1. The summed E-state index contributed by atoms with van der Waals surface area (Å²) in [5.41, 5.74) is 12.1. The van der Waals surface area contributed by atoms with Crippen LogP contribution in [0.25, 0.3) is 77.2 Å². The van der Waals surface area contributed by atoms with Crippen LogP contribution in [0.4, 0.5) is 0 Å². The molecule has 9 rings (SSSR count). The van der Waals surface area contributed by atoms with E-state index in [4.69, 9.17) is 0 Å². The molecule has 2 nitrogen and oxygen atoms in total. The van der Waals surface area contributed by atoms with E-state index in [0.717, 1.165) is 5.69 Å². The Kier molecular flexibility index (Phi) is 5.54. The van der Waals surface area contributed by atoms with Gasteiger partial charge in [0, 0.05) is 32.9 Å². The summed E-state index contributed by atoms with van der Waals surface area (Å²) in [6.07, 6.45) is 0. The van der Waals surface area contributed by atoms with E-state index in [0.29, 0.717) is 0 Å². The number of nitrogens with zero attached hydrogens (tertiary/aromatic N) is 2. The monoisotopic (exact) mass is 560 g/mol. The standard InChI is InChI=1S/C42H28N2/c1-3-11-29(12-4-1)30-19-21-31(22-20-30)32-23-25-34(26-24-32)44-40-18-10-8-16-36(40)38-27-41-37(28-42(38)44)35-15-7-9-17-39(35)43(41)33-13-5-2-6-14-33/h1-28H. The lowest BCUT2D eigenvalue weighted by atomic mass is 10.0. The van der Waals surface area contributed by atoms with Crippen LogP contribution in [0.15, 0.2) is 170 Å². The highest BCUT2D eigenvalue weighted by atomic mass is 15.0. The van der Waals surface area contributed by atoms with Gasteiger partial charge in [-0.2, -0.15) is 0 Å². The van der Waals surface area contributed by atoms with Crippen molar-refractivity contribution in [1.29, 1.82) is 0 Å². The zero-order chi connectivity index (χ0) is 29.0. The number of aromatic nitrogens is 2. The largest absolute Gasteiger partial charge is 0.309 e. The maximum Gasteiger partial charge on any atom is 0.0548 e. The Morgan fingerprint density at radius 2 is 0.614 bits per heavy atom. The van der Waals surface area contributed by atoms with Crippen molar-refractivity contribution in [2.75, 3.05) is 0 Å². The fourth-order valence-corrected chi connectivity index (χ4v) is 6.85. The summed E-state index contributed by atoms with van der Waals surface area (Å²) in [5, 5.41) is 5.04. The van der Waals surface area contributed by atoms with E-state index in [9.17, 15) is 0 Å². The molecular weight excluding hydrogens is 532 g/mol. The van der Waals surface area contributed by atoms with Crippen molar-refractivity contribution in [3.8, 4) is 33.6 Å². The summed E-state index contributed by atoms with van der Waals surface area (Å²) in [7, 11) is 0. The van der Waals surface area contributed by atoms with Crippen molar-refractivity contribution in [2.45, 2.75) is 0 Å². The minimum atomic E-state index is 1.16. The number of fused-ring (bicyclic) bond motifs is 6. The molecule has 0 saturated carbocycles. The molecule has 7 aromatic carbocycles. The van der Waals surface area contributed by atoms with Gasteiger partial charge in [0.2, 0.25) is 0 Å². The van der Waals surface area contributed by atoms with Crippen LogP contribution in [-0.4, -0.2) is 9.13 Å². The molecule has 2 heterocycles. The Labute approximate surface area is 255 Å². The molecular formula is C42H28N2. The molecule has 0 radical (unpaired) electrons. The smallest absolute Gasteiger partial charge is 0.0548 e. The quantitative estimate of drug-likeness (QED) is 0.203. The fourth-order valence-electron chi connectivity index (χ4n) is 6.85. The third-order valence-electron chi connectivity index (χ3n) is 8.93. The summed E-state index contributed by atoms with van der Waals surface area (Å²) >= 11 is 0. The number of hydrogen-bond donors (Lipinski definition) is 0. The molecule has 0 saturated heterocycles. The molecule has 0 aliphatic heterocycles. The molecule has 0 bridgehead atoms. The molecule has 0 spiro atoms. The van der Waals surface area contributed by atoms with Gasteiger partial charge in [0.25, 0.3) is 0 Å². The Hall–Kier alpha value is -5.86. The van der Waals surface area contributed by atoms with E-state index in [1.807, 2.05) is 0 Å². The average molecular weight is 561 g/mol. The highest BCUT2D eigenvalue weighted by molar-refractivity contribution is 6.19. The topological polar surface area (TPSA) is 9.86 Å². The van der Waals surface area contributed by atoms with Gasteiger partial charge in [0.05, 0.1) is 22.1 Å². The Balaban J connectivity index is 1.21. The van der Waals surface area contributed by atoms with Gasteiger partial charge in [-0.05, 0) is 70.8 Å². The predicted octanol–water partition coefficient (Wildman–Crippen LogP) is 11.2. The molecule has 0 amide bonds.